The number of benzene rings is 1. The molecular weight excluding hydrogens is 414 g/mol. The summed E-state index contributed by atoms with van der Waals surface area (Å²) in [6.07, 6.45) is 8.50. The highest BCUT2D eigenvalue weighted by Gasteiger charge is 2.15. The number of nitrogens with zero attached hydrogens (tertiary/aromatic N) is 5. The molecule has 0 aliphatic rings. The fraction of sp³-hybridized carbons (Fsp3) is 0.280. The molecule has 33 heavy (non-hydrogen) atoms. The Kier molecular flexibility index (Phi) is 6.83. The topological polar surface area (TPSA) is 106 Å². The minimum Gasteiger partial charge on any atom is -0.370 e. The molecule has 0 radical (unpaired) electrons. The third-order valence-electron chi connectivity index (χ3n) is 5.67. The van der Waals surface area contributed by atoms with Crippen LogP contribution >= 0.6 is 0 Å². The smallest absolute Gasteiger partial charge is 0.251 e. The molecule has 8 heteroatoms. The van der Waals surface area contributed by atoms with E-state index in [4.69, 9.17) is 0 Å². The van der Waals surface area contributed by atoms with Crippen LogP contribution in [0, 0.1) is 0 Å². The molecule has 0 aliphatic heterocycles. The molecule has 1 amide bonds. The van der Waals surface area contributed by atoms with Crippen molar-refractivity contribution in [3.05, 3.63) is 72.2 Å². The zero-order valence-electron chi connectivity index (χ0n) is 19.0. The minimum atomic E-state index is -0.108. The number of hydrogen-bond donors (Lipinski definition) is 2. The first-order valence-corrected chi connectivity index (χ1v) is 11.1. The van der Waals surface area contributed by atoms with E-state index in [0.717, 1.165) is 58.8 Å². The third kappa shape index (κ3) is 4.95. The van der Waals surface area contributed by atoms with Gasteiger partial charge in [0.2, 0.25) is 0 Å². The van der Waals surface area contributed by atoms with E-state index in [1.807, 2.05) is 25.1 Å². The highest BCUT2D eigenvalue weighted by Crippen LogP contribution is 2.28. The molecule has 4 aromatic rings. The van der Waals surface area contributed by atoms with E-state index in [9.17, 15) is 4.79 Å². The molecule has 3 aromatic heterocycles. The molecule has 0 fully saturated rings. The van der Waals surface area contributed by atoms with Crippen LogP contribution in [-0.2, 0) is 6.42 Å². The Labute approximate surface area is 193 Å². The van der Waals surface area contributed by atoms with Crippen LogP contribution in [0.15, 0.2) is 55.2 Å². The first-order valence-electron chi connectivity index (χ1n) is 11.1. The first kappa shape index (κ1) is 22.3. The summed E-state index contributed by atoms with van der Waals surface area (Å²) in [5, 5.41) is 6.95. The number of carbonyl (C=O) groups excluding carboxylic acids is 1. The van der Waals surface area contributed by atoms with Gasteiger partial charge in [0.15, 0.2) is 0 Å². The van der Waals surface area contributed by atoms with Crippen molar-refractivity contribution in [1.82, 2.24) is 30.2 Å². The van der Waals surface area contributed by atoms with Gasteiger partial charge in [0, 0.05) is 55.6 Å². The molecule has 168 valence electrons. The lowest BCUT2D eigenvalue weighted by Gasteiger charge is -2.16. The Morgan fingerprint density at radius 3 is 2.64 bits per heavy atom. The van der Waals surface area contributed by atoms with E-state index in [2.05, 4.69) is 48.5 Å². The summed E-state index contributed by atoms with van der Waals surface area (Å²) in [6.45, 7) is 4.93. The van der Waals surface area contributed by atoms with Crippen molar-refractivity contribution in [3.63, 3.8) is 0 Å². The average Bonchev–Trinajstić information content (AvgIpc) is 2.87. The molecule has 0 bridgehead atoms. The van der Waals surface area contributed by atoms with E-state index in [1.54, 1.807) is 38.0 Å². The van der Waals surface area contributed by atoms with Gasteiger partial charge in [0.1, 0.15) is 18.0 Å². The molecule has 1 aromatic carbocycles. The van der Waals surface area contributed by atoms with E-state index >= 15 is 0 Å². The molecule has 1 atom stereocenters. The van der Waals surface area contributed by atoms with E-state index in [1.165, 1.54) is 0 Å². The quantitative estimate of drug-likeness (QED) is 0.425. The summed E-state index contributed by atoms with van der Waals surface area (Å²) in [5.41, 5.74) is 4.27. The Morgan fingerprint density at radius 1 is 1.06 bits per heavy atom. The van der Waals surface area contributed by atoms with Crippen LogP contribution in [0.1, 0.15) is 47.9 Å². The van der Waals surface area contributed by atoms with Crippen LogP contribution in [0.2, 0.25) is 0 Å². The van der Waals surface area contributed by atoms with Crippen molar-refractivity contribution >= 4 is 22.6 Å². The van der Waals surface area contributed by atoms with E-state index in [0.29, 0.717) is 5.56 Å². The number of anilines is 1. The number of aryl methyl sites for hydroxylation is 1. The fourth-order valence-corrected chi connectivity index (χ4v) is 3.78. The average molecular weight is 442 g/mol. The number of pyridine rings is 1. The number of amides is 1. The maximum absolute atomic E-state index is 12.2. The number of para-hydroxylation sites is 1. The summed E-state index contributed by atoms with van der Waals surface area (Å²) in [4.78, 5) is 34.2. The molecule has 0 saturated heterocycles. The zero-order chi connectivity index (χ0) is 23.2. The van der Waals surface area contributed by atoms with Gasteiger partial charge in [-0.15, -0.1) is 0 Å². The highest BCUT2D eigenvalue weighted by molar-refractivity contribution is 6.06. The van der Waals surface area contributed by atoms with Gasteiger partial charge in [-0.1, -0.05) is 32.0 Å². The SMILES string of the molecule is CCc1ncc(-c2cc(NCCC(C)c3cccc4c(C(=O)NC)ccnc34)ncn2)cn1. The lowest BCUT2D eigenvalue weighted by atomic mass is 9.94. The van der Waals surface area contributed by atoms with Crippen LogP contribution in [0.3, 0.4) is 0 Å². The summed E-state index contributed by atoms with van der Waals surface area (Å²) < 4.78 is 0. The largest absolute Gasteiger partial charge is 0.370 e. The van der Waals surface area contributed by atoms with E-state index < -0.39 is 0 Å². The van der Waals surface area contributed by atoms with Crippen LogP contribution in [0.5, 0.6) is 0 Å². The number of rotatable bonds is 8. The summed E-state index contributed by atoms with van der Waals surface area (Å²) in [6, 6.07) is 9.67. The second kappa shape index (κ2) is 10.1. The van der Waals surface area contributed by atoms with Gasteiger partial charge >= 0.3 is 0 Å². The Morgan fingerprint density at radius 2 is 1.88 bits per heavy atom. The number of carbonyl (C=O) groups is 1. The van der Waals surface area contributed by atoms with Gasteiger partial charge in [-0.2, -0.15) is 0 Å². The number of aromatic nitrogens is 5. The zero-order valence-corrected chi connectivity index (χ0v) is 19.0. The van der Waals surface area contributed by atoms with Crippen molar-refractivity contribution < 1.29 is 4.79 Å². The molecule has 0 aliphatic carbocycles. The van der Waals surface area contributed by atoms with Gasteiger partial charge in [0.05, 0.1) is 16.8 Å². The maximum atomic E-state index is 12.2. The molecule has 4 rings (SSSR count). The maximum Gasteiger partial charge on any atom is 0.251 e. The van der Waals surface area contributed by atoms with Gasteiger partial charge in [-0.3, -0.25) is 9.78 Å². The van der Waals surface area contributed by atoms with Gasteiger partial charge in [0.25, 0.3) is 5.91 Å². The monoisotopic (exact) mass is 441 g/mol. The molecule has 1 unspecified atom stereocenters. The molecule has 3 heterocycles. The van der Waals surface area contributed by atoms with Crippen LogP contribution in [0.25, 0.3) is 22.2 Å². The number of fused-ring (bicyclic) bond motifs is 1. The predicted molar refractivity (Wildman–Crippen MR) is 129 cm³/mol. The normalized spacial score (nSPS) is 11.8. The van der Waals surface area contributed by atoms with Crippen LogP contribution in [0.4, 0.5) is 5.82 Å². The summed E-state index contributed by atoms with van der Waals surface area (Å²) in [5.74, 6) is 1.70. The highest BCUT2D eigenvalue weighted by atomic mass is 16.1. The van der Waals surface area contributed by atoms with Crippen molar-refractivity contribution in [1.29, 1.82) is 0 Å². The van der Waals surface area contributed by atoms with Gasteiger partial charge in [-0.05, 0) is 24.0 Å². The molecule has 2 N–H and O–H groups in total. The fourth-order valence-electron chi connectivity index (χ4n) is 3.78. The standard InChI is InChI=1S/C25H27N7O/c1-4-22-29-13-17(14-30-22)21-12-23(32-15-31-21)27-10-8-16(2)18-6-5-7-19-20(25(33)26-3)9-11-28-24(18)19/h5-7,9,11-16H,4,8,10H2,1-3H3,(H,26,33)(H,27,31,32). The second-order valence-corrected chi connectivity index (χ2v) is 7.83. The van der Waals surface area contributed by atoms with Gasteiger partial charge in [-0.25, -0.2) is 19.9 Å². The van der Waals surface area contributed by atoms with E-state index in [-0.39, 0.29) is 11.8 Å². The molecule has 0 spiro atoms. The van der Waals surface area contributed by atoms with Crippen molar-refractivity contribution in [2.24, 2.45) is 0 Å². The predicted octanol–water partition coefficient (Wildman–Crippen LogP) is 4.01. The van der Waals surface area contributed by atoms with Crippen LogP contribution < -0.4 is 10.6 Å². The molecular formula is C25H27N7O. The molecule has 0 saturated carbocycles. The lowest BCUT2D eigenvalue weighted by molar-refractivity contribution is 0.0964. The first-order chi connectivity index (χ1) is 16.1. The third-order valence-corrected chi connectivity index (χ3v) is 5.67. The Hall–Kier alpha value is -3.94. The Bertz CT molecular complexity index is 1260. The van der Waals surface area contributed by atoms with Gasteiger partial charge < -0.3 is 10.6 Å². The number of nitrogens with one attached hydrogen (secondary N) is 2. The van der Waals surface area contributed by atoms with Crippen LogP contribution in [-0.4, -0.2) is 44.4 Å². The summed E-state index contributed by atoms with van der Waals surface area (Å²) in [7, 11) is 1.64. The number of hydrogen-bond acceptors (Lipinski definition) is 7. The Balaban J connectivity index is 1.45. The lowest BCUT2D eigenvalue weighted by Crippen LogP contribution is -2.18. The molecule has 8 nitrogen and oxygen atoms in total. The van der Waals surface area contributed by atoms with Crippen molar-refractivity contribution in [2.75, 3.05) is 18.9 Å². The second-order valence-electron chi connectivity index (χ2n) is 7.83. The van der Waals surface area contributed by atoms with Crippen molar-refractivity contribution in [2.45, 2.75) is 32.6 Å². The van der Waals surface area contributed by atoms with Crippen molar-refractivity contribution in [3.8, 4) is 11.3 Å². The minimum absolute atomic E-state index is 0.108. The summed E-state index contributed by atoms with van der Waals surface area (Å²) >= 11 is 0.